The summed E-state index contributed by atoms with van der Waals surface area (Å²) in [5, 5.41) is 8.10. The Morgan fingerprint density at radius 1 is 1.43 bits per heavy atom. The largest absolute Gasteiger partial charge is 0.358 e. The summed E-state index contributed by atoms with van der Waals surface area (Å²) in [5.41, 5.74) is 6.62. The van der Waals surface area contributed by atoms with Crippen molar-refractivity contribution in [3.63, 3.8) is 0 Å². The maximum Gasteiger partial charge on any atom is 0.150 e. The minimum absolute atomic E-state index is 0.232. The maximum atomic E-state index is 5.68. The summed E-state index contributed by atoms with van der Waals surface area (Å²) < 4.78 is 0. The summed E-state index contributed by atoms with van der Waals surface area (Å²) in [4.78, 5) is 2.07. The van der Waals surface area contributed by atoms with Gasteiger partial charge in [0.05, 0.1) is 5.69 Å². The van der Waals surface area contributed by atoms with Gasteiger partial charge in [0.1, 0.15) is 0 Å². The van der Waals surface area contributed by atoms with E-state index < -0.39 is 0 Å². The Balaban J connectivity index is 2.52. The molecule has 1 heterocycles. The van der Waals surface area contributed by atoms with Gasteiger partial charge in [-0.05, 0) is 32.4 Å². The Morgan fingerprint density at radius 2 is 2.14 bits per heavy atom. The summed E-state index contributed by atoms with van der Waals surface area (Å²) in [6.45, 7) is 4.85. The van der Waals surface area contributed by atoms with Crippen molar-refractivity contribution in [2.75, 3.05) is 18.5 Å². The Bertz CT molecular complexity index is 268. The molecule has 0 saturated heterocycles. The summed E-state index contributed by atoms with van der Waals surface area (Å²) in [5.74, 6) is 0.899. The van der Waals surface area contributed by atoms with Crippen LogP contribution in [0.3, 0.4) is 0 Å². The van der Waals surface area contributed by atoms with Crippen LogP contribution in [0.25, 0.3) is 0 Å². The Morgan fingerprint density at radius 3 is 2.64 bits per heavy atom. The molecule has 1 aromatic heterocycles. The smallest absolute Gasteiger partial charge is 0.150 e. The fraction of sp³-hybridized carbons (Fsp3) is 0.600. The van der Waals surface area contributed by atoms with Crippen molar-refractivity contribution in [2.24, 2.45) is 5.73 Å². The number of nitrogens with zero attached hydrogens (tertiary/aromatic N) is 3. The average molecular weight is 194 g/mol. The van der Waals surface area contributed by atoms with Crippen molar-refractivity contribution >= 4 is 5.82 Å². The Kier molecular flexibility index (Phi) is 3.83. The van der Waals surface area contributed by atoms with E-state index >= 15 is 0 Å². The zero-order valence-corrected chi connectivity index (χ0v) is 9.07. The molecule has 4 heteroatoms. The molecule has 1 atom stereocenters. The molecule has 0 aliphatic carbocycles. The molecule has 4 nitrogen and oxygen atoms in total. The first-order valence-electron chi connectivity index (χ1n) is 4.86. The second kappa shape index (κ2) is 4.91. The molecule has 0 radical (unpaired) electrons. The molecule has 14 heavy (non-hydrogen) atoms. The molecular formula is C10H18N4. The van der Waals surface area contributed by atoms with Gasteiger partial charge in [-0.3, -0.25) is 0 Å². The lowest BCUT2D eigenvalue weighted by atomic mass is 10.2. The first-order valence-corrected chi connectivity index (χ1v) is 4.86. The molecule has 0 aliphatic rings. The first kappa shape index (κ1) is 10.9. The van der Waals surface area contributed by atoms with E-state index in [-0.39, 0.29) is 6.04 Å². The van der Waals surface area contributed by atoms with Crippen LogP contribution >= 0.6 is 0 Å². The summed E-state index contributed by atoms with van der Waals surface area (Å²) in [6.07, 6.45) is 0.964. The molecule has 1 aromatic rings. The second-order valence-electron chi connectivity index (χ2n) is 3.72. The van der Waals surface area contributed by atoms with E-state index in [0.29, 0.717) is 0 Å². The van der Waals surface area contributed by atoms with Gasteiger partial charge < -0.3 is 10.6 Å². The summed E-state index contributed by atoms with van der Waals surface area (Å²) in [6, 6.07) is 4.17. The van der Waals surface area contributed by atoms with Crippen molar-refractivity contribution < 1.29 is 0 Å². The monoisotopic (exact) mass is 194 g/mol. The van der Waals surface area contributed by atoms with Gasteiger partial charge in [0.2, 0.25) is 0 Å². The molecule has 1 unspecified atom stereocenters. The van der Waals surface area contributed by atoms with E-state index in [1.807, 2.05) is 33.0 Å². The lowest BCUT2D eigenvalue weighted by molar-refractivity contribution is 0.654. The van der Waals surface area contributed by atoms with Crippen LogP contribution < -0.4 is 10.6 Å². The molecule has 0 fully saturated rings. The molecule has 1 rings (SSSR count). The maximum absolute atomic E-state index is 5.68. The number of anilines is 1. The number of nitrogens with two attached hydrogens (primary N) is 1. The third-order valence-electron chi connectivity index (χ3n) is 2.09. The molecule has 2 N–H and O–H groups in total. The van der Waals surface area contributed by atoms with Crippen LogP contribution in [-0.4, -0.2) is 29.8 Å². The standard InChI is InChI=1S/C10H18N4/c1-8(11)6-7-14(3)10-5-4-9(2)12-13-10/h4-5,8H,6-7,11H2,1-3H3. The first-order chi connectivity index (χ1) is 6.59. The van der Waals surface area contributed by atoms with E-state index in [9.17, 15) is 0 Å². The Hall–Kier alpha value is -1.16. The molecule has 0 bridgehead atoms. The lowest BCUT2D eigenvalue weighted by Crippen LogP contribution is -2.26. The van der Waals surface area contributed by atoms with Crippen LogP contribution in [0, 0.1) is 6.92 Å². The van der Waals surface area contributed by atoms with Crippen LogP contribution in [-0.2, 0) is 0 Å². The molecule has 0 aliphatic heterocycles. The van der Waals surface area contributed by atoms with Crippen molar-refractivity contribution in [1.29, 1.82) is 0 Å². The minimum atomic E-state index is 0.232. The summed E-state index contributed by atoms with van der Waals surface area (Å²) in [7, 11) is 2.00. The highest BCUT2D eigenvalue weighted by Crippen LogP contribution is 2.07. The van der Waals surface area contributed by atoms with Gasteiger partial charge >= 0.3 is 0 Å². The molecule has 0 spiro atoms. The topological polar surface area (TPSA) is 55.0 Å². The van der Waals surface area contributed by atoms with E-state index in [0.717, 1.165) is 24.5 Å². The predicted octanol–water partition coefficient (Wildman–Crippen LogP) is 0.959. The normalized spacial score (nSPS) is 12.6. The highest BCUT2D eigenvalue weighted by Gasteiger charge is 2.03. The fourth-order valence-electron chi connectivity index (χ4n) is 1.11. The van der Waals surface area contributed by atoms with Crippen molar-refractivity contribution in [3.8, 4) is 0 Å². The van der Waals surface area contributed by atoms with Gasteiger partial charge in [0.15, 0.2) is 5.82 Å². The number of rotatable bonds is 4. The lowest BCUT2D eigenvalue weighted by Gasteiger charge is -2.18. The average Bonchev–Trinajstić information content (AvgIpc) is 2.15. The highest BCUT2D eigenvalue weighted by molar-refractivity contribution is 5.35. The zero-order chi connectivity index (χ0) is 10.6. The zero-order valence-electron chi connectivity index (χ0n) is 9.07. The predicted molar refractivity (Wildman–Crippen MR) is 58.3 cm³/mol. The van der Waals surface area contributed by atoms with Gasteiger partial charge in [0.25, 0.3) is 0 Å². The van der Waals surface area contributed by atoms with Gasteiger partial charge in [-0.25, -0.2) is 0 Å². The second-order valence-corrected chi connectivity index (χ2v) is 3.72. The van der Waals surface area contributed by atoms with Gasteiger partial charge in [-0.2, -0.15) is 5.10 Å². The fourth-order valence-corrected chi connectivity index (χ4v) is 1.11. The van der Waals surface area contributed by atoms with Crippen LogP contribution in [0.2, 0.25) is 0 Å². The highest BCUT2D eigenvalue weighted by atomic mass is 15.2. The van der Waals surface area contributed by atoms with Crippen LogP contribution in [0.4, 0.5) is 5.82 Å². The van der Waals surface area contributed by atoms with Crippen molar-refractivity contribution in [3.05, 3.63) is 17.8 Å². The summed E-state index contributed by atoms with van der Waals surface area (Å²) >= 11 is 0. The van der Waals surface area contributed by atoms with E-state index in [1.165, 1.54) is 0 Å². The van der Waals surface area contributed by atoms with Gasteiger partial charge in [-0.1, -0.05) is 0 Å². The van der Waals surface area contributed by atoms with Crippen LogP contribution in [0.1, 0.15) is 19.0 Å². The molecular weight excluding hydrogens is 176 g/mol. The molecule has 78 valence electrons. The van der Waals surface area contributed by atoms with Crippen LogP contribution in [0.15, 0.2) is 12.1 Å². The molecule has 0 saturated carbocycles. The number of hydrogen-bond donors (Lipinski definition) is 1. The van der Waals surface area contributed by atoms with Crippen molar-refractivity contribution in [1.82, 2.24) is 10.2 Å². The Labute approximate surface area is 85.1 Å². The third-order valence-corrected chi connectivity index (χ3v) is 2.09. The number of aromatic nitrogens is 2. The van der Waals surface area contributed by atoms with Gasteiger partial charge in [-0.15, -0.1) is 5.10 Å². The van der Waals surface area contributed by atoms with E-state index in [4.69, 9.17) is 5.73 Å². The van der Waals surface area contributed by atoms with E-state index in [2.05, 4.69) is 15.1 Å². The van der Waals surface area contributed by atoms with Crippen LogP contribution in [0.5, 0.6) is 0 Å². The quantitative estimate of drug-likeness (QED) is 0.775. The molecule has 0 aromatic carbocycles. The molecule has 0 amide bonds. The SMILES string of the molecule is Cc1ccc(N(C)CCC(C)N)nn1. The van der Waals surface area contributed by atoms with Crippen molar-refractivity contribution in [2.45, 2.75) is 26.3 Å². The van der Waals surface area contributed by atoms with E-state index in [1.54, 1.807) is 0 Å². The van der Waals surface area contributed by atoms with Gasteiger partial charge in [0, 0.05) is 19.6 Å². The number of aryl methyl sites for hydroxylation is 1. The third kappa shape index (κ3) is 3.30. The number of hydrogen-bond acceptors (Lipinski definition) is 4. The minimum Gasteiger partial charge on any atom is -0.358 e.